The Labute approximate surface area is 160 Å². The predicted octanol–water partition coefficient (Wildman–Crippen LogP) is 4.03. The van der Waals surface area contributed by atoms with Crippen LogP contribution < -0.4 is 10.1 Å². The minimum Gasteiger partial charge on any atom is -0.482 e. The lowest BCUT2D eigenvalue weighted by Gasteiger charge is -2.61. The maximum atomic E-state index is 12.3. The molecule has 146 valence electrons. The van der Waals surface area contributed by atoms with E-state index in [9.17, 15) is 9.59 Å². The van der Waals surface area contributed by atoms with Crippen LogP contribution in [0.25, 0.3) is 0 Å². The van der Waals surface area contributed by atoms with Crippen molar-refractivity contribution in [2.24, 2.45) is 29.1 Å². The first-order chi connectivity index (χ1) is 12.8. The van der Waals surface area contributed by atoms with E-state index in [4.69, 9.17) is 9.47 Å². The maximum Gasteiger partial charge on any atom is 0.344 e. The van der Waals surface area contributed by atoms with E-state index in [2.05, 4.69) is 26.1 Å². The third kappa shape index (κ3) is 3.69. The van der Waals surface area contributed by atoms with Crippen molar-refractivity contribution in [2.75, 3.05) is 11.9 Å². The van der Waals surface area contributed by atoms with Crippen LogP contribution in [0.15, 0.2) is 24.3 Å². The van der Waals surface area contributed by atoms with Gasteiger partial charge in [-0.3, -0.25) is 4.79 Å². The van der Waals surface area contributed by atoms with Crippen molar-refractivity contribution in [1.82, 2.24) is 0 Å². The highest BCUT2D eigenvalue weighted by molar-refractivity contribution is 5.94. The Morgan fingerprint density at radius 3 is 2.67 bits per heavy atom. The van der Waals surface area contributed by atoms with E-state index < -0.39 is 0 Å². The van der Waals surface area contributed by atoms with Crippen LogP contribution in [0.4, 0.5) is 5.69 Å². The molecular weight excluding hydrogens is 342 g/mol. The van der Waals surface area contributed by atoms with E-state index in [1.54, 1.807) is 12.1 Å². The molecule has 0 saturated heterocycles. The molecule has 1 N–H and O–H groups in total. The second-order valence-electron chi connectivity index (χ2n) is 9.06. The third-order valence-corrected chi connectivity index (χ3v) is 6.97. The molecule has 5 heteroatoms. The van der Waals surface area contributed by atoms with Gasteiger partial charge in [-0.25, -0.2) is 4.79 Å². The van der Waals surface area contributed by atoms with Gasteiger partial charge in [0.1, 0.15) is 11.9 Å². The van der Waals surface area contributed by atoms with Crippen molar-refractivity contribution in [3.05, 3.63) is 24.3 Å². The number of rotatable bonds is 6. The summed E-state index contributed by atoms with van der Waals surface area (Å²) in [6, 6.07) is 7.15. The lowest BCUT2D eigenvalue weighted by Crippen LogP contribution is -2.57. The number of nitrogens with one attached hydrogen (secondary N) is 1. The number of esters is 1. The summed E-state index contributed by atoms with van der Waals surface area (Å²) in [4.78, 5) is 24.1. The molecule has 1 aromatic rings. The van der Waals surface area contributed by atoms with Crippen molar-refractivity contribution in [2.45, 2.75) is 52.6 Å². The molecule has 0 aliphatic heterocycles. The molecule has 1 aromatic carbocycles. The maximum absolute atomic E-state index is 12.3. The molecule has 2 bridgehead atoms. The second-order valence-corrected chi connectivity index (χ2v) is 9.06. The molecule has 0 unspecified atom stereocenters. The standard InChI is InChI=1S/C22H29NO4/c1-13-18-9-15(22(18,2)3)10-19(13)27-20(24)12-26-17-6-4-5-16(11-17)23-21(25)14-7-8-14/h4-6,11,13-15,18-19H,7-10,12H2,1-3H3,(H,23,25)/t13-,15-,18-,19-/m1/s1. The van der Waals surface area contributed by atoms with E-state index in [1.807, 2.05) is 12.1 Å². The Balaban J connectivity index is 1.26. The molecule has 4 aliphatic carbocycles. The topological polar surface area (TPSA) is 64.6 Å². The van der Waals surface area contributed by atoms with Gasteiger partial charge in [0.05, 0.1) is 0 Å². The van der Waals surface area contributed by atoms with Gasteiger partial charge in [-0.05, 0) is 61.0 Å². The van der Waals surface area contributed by atoms with Crippen LogP contribution in [-0.4, -0.2) is 24.6 Å². The van der Waals surface area contributed by atoms with E-state index in [0.717, 1.165) is 19.3 Å². The highest BCUT2D eigenvalue weighted by atomic mass is 16.6. The molecule has 4 fully saturated rings. The fourth-order valence-corrected chi connectivity index (χ4v) is 4.86. The first kappa shape index (κ1) is 18.3. The lowest BCUT2D eigenvalue weighted by molar-refractivity contribution is -0.187. The van der Waals surface area contributed by atoms with E-state index in [0.29, 0.717) is 34.6 Å². The molecule has 0 heterocycles. The fourth-order valence-electron chi connectivity index (χ4n) is 4.86. The zero-order valence-corrected chi connectivity index (χ0v) is 16.4. The van der Waals surface area contributed by atoms with Gasteiger partial charge >= 0.3 is 5.97 Å². The van der Waals surface area contributed by atoms with Gasteiger partial charge in [-0.15, -0.1) is 0 Å². The van der Waals surface area contributed by atoms with Crippen LogP contribution in [0.3, 0.4) is 0 Å². The summed E-state index contributed by atoms with van der Waals surface area (Å²) in [6.45, 7) is 6.76. The fraction of sp³-hybridized carbons (Fsp3) is 0.636. The lowest BCUT2D eigenvalue weighted by atomic mass is 9.45. The van der Waals surface area contributed by atoms with E-state index >= 15 is 0 Å². The average molecular weight is 371 g/mol. The number of hydrogen-bond acceptors (Lipinski definition) is 4. The number of benzene rings is 1. The molecule has 0 spiro atoms. The molecule has 5 nitrogen and oxygen atoms in total. The van der Waals surface area contributed by atoms with Crippen LogP contribution in [0, 0.1) is 29.1 Å². The van der Waals surface area contributed by atoms with Gasteiger partial charge in [0.2, 0.25) is 5.91 Å². The Kier molecular flexibility index (Phi) is 4.65. The Bertz CT molecular complexity index is 740. The number of anilines is 1. The van der Waals surface area contributed by atoms with Gasteiger partial charge in [0.25, 0.3) is 0 Å². The van der Waals surface area contributed by atoms with Crippen LogP contribution in [0.2, 0.25) is 0 Å². The van der Waals surface area contributed by atoms with Crippen molar-refractivity contribution in [3.8, 4) is 5.75 Å². The first-order valence-corrected chi connectivity index (χ1v) is 10.1. The highest BCUT2D eigenvalue weighted by Crippen LogP contribution is 2.61. The Morgan fingerprint density at radius 2 is 2.00 bits per heavy atom. The summed E-state index contributed by atoms with van der Waals surface area (Å²) in [6.07, 6.45) is 4.15. The van der Waals surface area contributed by atoms with Crippen LogP contribution in [0.5, 0.6) is 5.75 Å². The molecule has 0 aromatic heterocycles. The van der Waals surface area contributed by atoms with Crippen molar-refractivity contribution < 1.29 is 19.1 Å². The minimum atomic E-state index is -0.321. The Morgan fingerprint density at radius 1 is 1.22 bits per heavy atom. The molecule has 0 radical (unpaired) electrons. The molecule has 4 saturated carbocycles. The molecule has 5 rings (SSSR count). The number of carbonyl (C=O) groups is 2. The zero-order chi connectivity index (χ0) is 19.2. The summed E-state index contributed by atoms with van der Waals surface area (Å²) in [5.74, 6) is 2.14. The van der Waals surface area contributed by atoms with Crippen LogP contribution >= 0.6 is 0 Å². The Hall–Kier alpha value is -2.04. The predicted molar refractivity (Wildman–Crippen MR) is 102 cm³/mol. The van der Waals surface area contributed by atoms with E-state index in [-0.39, 0.29) is 30.5 Å². The van der Waals surface area contributed by atoms with Crippen LogP contribution in [-0.2, 0) is 14.3 Å². The summed E-state index contributed by atoms with van der Waals surface area (Å²) < 4.78 is 11.3. The van der Waals surface area contributed by atoms with Gasteiger partial charge < -0.3 is 14.8 Å². The second kappa shape index (κ2) is 6.84. The number of carbonyl (C=O) groups excluding carboxylic acids is 2. The van der Waals surface area contributed by atoms with Crippen molar-refractivity contribution >= 4 is 17.6 Å². The largest absolute Gasteiger partial charge is 0.482 e. The number of fused-ring (bicyclic) bond motifs is 2. The number of ether oxygens (including phenoxy) is 2. The molecule has 27 heavy (non-hydrogen) atoms. The summed E-state index contributed by atoms with van der Waals surface area (Å²) >= 11 is 0. The number of hydrogen-bond donors (Lipinski definition) is 1. The van der Waals surface area contributed by atoms with Gasteiger partial charge in [-0.2, -0.15) is 0 Å². The summed E-state index contributed by atoms with van der Waals surface area (Å²) in [5, 5.41) is 2.89. The summed E-state index contributed by atoms with van der Waals surface area (Å²) in [7, 11) is 0. The zero-order valence-electron chi connectivity index (χ0n) is 16.4. The first-order valence-electron chi connectivity index (χ1n) is 10.1. The third-order valence-electron chi connectivity index (χ3n) is 6.97. The molecular formula is C22H29NO4. The SMILES string of the molecule is C[C@@H]1[C@H]2C[C@H](C[C@H]1OC(=O)COc1cccc(NC(=O)C3CC3)c1)C2(C)C. The average Bonchev–Trinajstić information content (AvgIpc) is 3.47. The van der Waals surface area contributed by atoms with Gasteiger partial charge in [0.15, 0.2) is 6.61 Å². The monoisotopic (exact) mass is 371 g/mol. The number of amides is 1. The van der Waals surface area contributed by atoms with Gasteiger partial charge in [-0.1, -0.05) is 26.8 Å². The van der Waals surface area contributed by atoms with Gasteiger partial charge in [0, 0.05) is 17.7 Å². The quantitative estimate of drug-likeness (QED) is 0.767. The minimum absolute atomic E-state index is 0.00189. The molecule has 4 aliphatic rings. The molecule has 1 amide bonds. The highest BCUT2D eigenvalue weighted by Gasteiger charge is 2.57. The van der Waals surface area contributed by atoms with Crippen molar-refractivity contribution in [1.29, 1.82) is 0 Å². The smallest absolute Gasteiger partial charge is 0.344 e. The summed E-state index contributed by atoms with van der Waals surface area (Å²) in [5.41, 5.74) is 1.07. The van der Waals surface area contributed by atoms with Crippen LogP contribution in [0.1, 0.15) is 46.5 Å². The normalized spacial score (nSPS) is 30.8. The van der Waals surface area contributed by atoms with Crippen molar-refractivity contribution in [3.63, 3.8) is 0 Å². The molecule has 4 atom stereocenters. The van der Waals surface area contributed by atoms with E-state index in [1.165, 1.54) is 6.42 Å².